The van der Waals surface area contributed by atoms with E-state index in [9.17, 15) is 4.79 Å². The number of alkyl carbamates (subject to hydrolysis) is 1. The molecule has 1 aliphatic rings. The van der Waals surface area contributed by atoms with E-state index in [0.29, 0.717) is 18.4 Å². The van der Waals surface area contributed by atoms with E-state index in [1.54, 1.807) is 6.20 Å². The maximum absolute atomic E-state index is 11.7. The summed E-state index contributed by atoms with van der Waals surface area (Å²) in [5.41, 5.74) is 3.04. The molecule has 1 amide bonds. The van der Waals surface area contributed by atoms with Gasteiger partial charge in [0.05, 0.1) is 0 Å². The molecule has 25 heavy (non-hydrogen) atoms. The molecule has 2 heterocycles. The number of hydrogen-bond acceptors (Lipinski definition) is 4. The van der Waals surface area contributed by atoms with Crippen molar-refractivity contribution in [1.29, 1.82) is 0 Å². The zero-order valence-corrected chi connectivity index (χ0v) is 15.0. The first-order chi connectivity index (χ1) is 11.9. The van der Waals surface area contributed by atoms with Crippen molar-refractivity contribution >= 4 is 6.09 Å². The predicted molar refractivity (Wildman–Crippen MR) is 96.5 cm³/mol. The van der Waals surface area contributed by atoms with Gasteiger partial charge in [0.1, 0.15) is 5.60 Å². The Balaban J connectivity index is 1.60. The first-order valence-electron chi connectivity index (χ1n) is 8.68. The van der Waals surface area contributed by atoms with Crippen LogP contribution in [0.2, 0.25) is 0 Å². The van der Waals surface area contributed by atoms with Crippen molar-refractivity contribution in [2.45, 2.75) is 44.8 Å². The summed E-state index contributed by atoms with van der Waals surface area (Å²) >= 11 is 0. The van der Waals surface area contributed by atoms with Gasteiger partial charge in [-0.2, -0.15) is 5.10 Å². The minimum Gasteiger partial charge on any atom is -0.444 e. The molecule has 1 aliphatic heterocycles. The second-order valence-electron chi connectivity index (χ2n) is 7.48. The number of nitrogens with one attached hydrogen (secondary N) is 3. The number of aromatic nitrogens is 2. The van der Waals surface area contributed by atoms with E-state index < -0.39 is 11.7 Å². The maximum atomic E-state index is 11.7. The lowest BCUT2D eigenvalue weighted by atomic mass is 9.86. The molecule has 0 radical (unpaired) electrons. The zero-order chi connectivity index (χ0) is 17.9. The summed E-state index contributed by atoms with van der Waals surface area (Å²) < 4.78 is 5.25. The number of ether oxygens (including phenoxy) is 1. The minimum absolute atomic E-state index is 0.393. The summed E-state index contributed by atoms with van der Waals surface area (Å²) in [6, 6.07) is 10.5. The molecule has 0 spiro atoms. The number of amides is 1. The SMILES string of the molecule is CC(C)(C)OC(=O)NCc1ccc(C2CNCC2c2ccn[nH]2)cc1. The summed E-state index contributed by atoms with van der Waals surface area (Å²) in [5, 5.41) is 13.4. The Kier molecular flexibility index (Phi) is 5.08. The topological polar surface area (TPSA) is 79.0 Å². The van der Waals surface area contributed by atoms with Gasteiger partial charge in [0, 0.05) is 43.4 Å². The smallest absolute Gasteiger partial charge is 0.407 e. The number of aromatic amines is 1. The van der Waals surface area contributed by atoms with Gasteiger partial charge in [-0.05, 0) is 38.0 Å². The molecule has 0 aliphatic carbocycles. The number of carbonyl (C=O) groups excluding carboxylic acids is 1. The van der Waals surface area contributed by atoms with Crippen LogP contribution < -0.4 is 10.6 Å². The highest BCUT2D eigenvalue weighted by Crippen LogP contribution is 2.34. The Labute approximate surface area is 148 Å². The van der Waals surface area contributed by atoms with E-state index in [-0.39, 0.29) is 0 Å². The van der Waals surface area contributed by atoms with Gasteiger partial charge in [-0.3, -0.25) is 5.10 Å². The molecule has 1 saturated heterocycles. The first kappa shape index (κ1) is 17.5. The summed E-state index contributed by atoms with van der Waals surface area (Å²) in [4.78, 5) is 11.7. The second kappa shape index (κ2) is 7.27. The molecule has 2 aromatic rings. The normalized spacial score (nSPS) is 20.4. The molecule has 6 nitrogen and oxygen atoms in total. The van der Waals surface area contributed by atoms with Gasteiger partial charge in [-0.1, -0.05) is 24.3 Å². The predicted octanol–water partition coefficient (Wildman–Crippen LogP) is 2.91. The summed E-state index contributed by atoms with van der Waals surface area (Å²) in [6.45, 7) is 7.93. The molecule has 1 aromatic heterocycles. The van der Waals surface area contributed by atoms with Gasteiger partial charge in [0.15, 0.2) is 0 Å². The van der Waals surface area contributed by atoms with Crippen molar-refractivity contribution in [3.8, 4) is 0 Å². The van der Waals surface area contributed by atoms with E-state index in [0.717, 1.165) is 18.7 Å². The van der Waals surface area contributed by atoms with Crippen LogP contribution in [-0.4, -0.2) is 35.0 Å². The largest absolute Gasteiger partial charge is 0.444 e. The first-order valence-corrected chi connectivity index (χ1v) is 8.68. The highest BCUT2D eigenvalue weighted by molar-refractivity contribution is 5.67. The van der Waals surface area contributed by atoms with Gasteiger partial charge in [0.25, 0.3) is 0 Å². The Morgan fingerprint density at radius 3 is 2.56 bits per heavy atom. The highest BCUT2D eigenvalue weighted by Gasteiger charge is 2.30. The monoisotopic (exact) mass is 342 g/mol. The van der Waals surface area contributed by atoms with Crippen molar-refractivity contribution in [3.63, 3.8) is 0 Å². The Hall–Kier alpha value is -2.34. The van der Waals surface area contributed by atoms with Crippen molar-refractivity contribution in [1.82, 2.24) is 20.8 Å². The van der Waals surface area contributed by atoms with Crippen LogP contribution in [0.15, 0.2) is 36.5 Å². The lowest BCUT2D eigenvalue weighted by Gasteiger charge is -2.20. The average Bonchev–Trinajstić information content (AvgIpc) is 3.22. The lowest BCUT2D eigenvalue weighted by molar-refractivity contribution is 0.0523. The van der Waals surface area contributed by atoms with Crippen LogP contribution in [0.5, 0.6) is 0 Å². The molecule has 6 heteroatoms. The van der Waals surface area contributed by atoms with Crippen molar-refractivity contribution < 1.29 is 9.53 Å². The van der Waals surface area contributed by atoms with Crippen LogP contribution >= 0.6 is 0 Å². The molecule has 1 fully saturated rings. The molecule has 3 rings (SSSR count). The molecular weight excluding hydrogens is 316 g/mol. The number of nitrogens with zero attached hydrogens (tertiary/aromatic N) is 1. The van der Waals surface area contributed by atoms with E-state index in [4.69, 9.17) is 4.74 Å². The van der Waals surface area contributed by atoms with Crippen molar-refractivity contribution in [3.05, 3.63) is 53.3 Å². The van der Waals surface area contributed by atoms with Gasteiger partial charge >= 0.3 is 6.09 Å². The van der Waals surface area contributed by atoms with Crippen molar-refractivity contribution in [2.75, 3.05) is 13.1 Å². The van der Waals surface area contributed by atoms with Gasteiger partial charge in [-0.25, -0.2) is 4.79 Å². The lowest BCUT2D eigenvalue weighted by Crippen LogP contribution is -2.32. The molecular formula is C19H26N4O2. The van der Waals surface area contributed by atoms with Gasteiger partial charge in [-0.15, -0.1) is 0 Å². The maximum Gasteiger partial charge on any atom is 0.407 e. The Bertz CT molecular complexity index is 689. The third kappa shape index (κ3) is 4.60. The third-order valence-corrected chi connectivity index (χ3v) is 4.38. The summed E-state index contributed by atoms with van der Waals surface area (Å²) in [7, 11) is 0. The Morgan fingerprint density at radius 1 is 1.20 bits per heavy atom. The summed E-state index contributed by atoms with van der Waals surface area (Å²) in [5.74, 6) is 0.835. The number of hydrogen-bond donors (Lipinski definition) is 3. The van der Waals surface area contributed by atoms with Crippen LogP contribution in [-0.2, 0) is 11.3 Å². The zero-order valence-electron chi connectivity index (χ0n) is 15.0. The fraction of sp³-hybridized carbons (Fsp3) is 0.474. The summed E-state index contributed by atoms with van der Waals surface area (Å²) in [6.07, 6.45) is 1.41. The molecule has 0 bridgehead atoms. The second-order valence-corrected chi connectivity index (χ2v) is 7.48. The van der Waals surface area contributed by atoms with Crippen LogP contribution in [0.25, 0.3) is 0 Å². The van der Waals surface area contributed by atoms with Crippen LogP contribution in [0.4, 0.5) is 4.79 Å². The number of H-pyrrole nitrogens is 1. The Morgan fingerprint density at radius 2 is 1.92 bits per heavy atom. The third-order valence-electron chi connectivity index (χ3n) is 4.38. The molecule has 2 atom stereocenters. The molecule has 0 saturated carbocycles. The van der Waals surface area contributed by atoms with Crippen molar-refractivity contribution in [2.24, 2.45) is 0 Å². The molecule has 3 N–H and O–H groups in total. The number of carbonyl (C=O) groups is 1. The molecule has 1 aromatic carbocycles. The van der Waals surface area contributed by atoms with Crippen LogP contribution in [0.3, 0.4) is 0 Å². The molecule has 2 unspecified atom stereocenters. The van der Waals surface area contributed by atoms with E-state index >= 15 is 0 Å². The van der Waals surface area contributed by atoms with E-state index in [2.05, 4.69) is 45.1 Å². The molecule has 134 valence electrons. The van der Waals surface area contributed by atoms with E-state index in [1.807, 2.05) is 26.8 Å². The quantitative estimate of drug-likeness (QED) is 0.798. The average molecular weight is 342 g/mol. The van der Waals surface area contributed by atoms with Crippen LogP contribution in [0, 0.1) is 0 Å². The standard InChI is InChI=1S/C19H26N4O2/c1-19(2,3)25-18(24)21-10-13-4-6-14(7-5-13)15-11-20-12-16(15)17-8-9-22-23-17/h4-9,15-16,20H,10-12H2,1-3H3,(H,21,24)(H,22,23). The van der Waals surface area contributed by atoms with Crippen LogP contribution in [0.1, 0.15) is 49.4 Å². The van der Waals surface area contributed by atoms with Gasteiger partial charge < -0.3 is 15.4 Å². The fourth-order valence-electron chi connectivity index (χ4n) is 3.20. The highest BCUT2D eigenvalue weighted by atomic mass is 16.6. The number of benzene rings is 1. The number of rotatable bonds is 4. The van der Waals surface area contributed by atoms with E-state index in [1.165, 1.54) is 11.3 Å². The minimum atomic E-state index is -0.481. The van der Waals surface area contributed by atoms with Gasteiger partial charge in [0.2, 0.25) is 0 Å². The fourth-order valence-corrected chi connectivity index (χ4v) is 3.20.